The number of nitrogens with one attached hydrogen (secondary N) is 2. The molecule has 8 nitrogen and oxygen atoms in total. The van der Waals surface area contributed by atoms with Gasteiger partial charge in [-0.2, -0.15) is 5.10 Å². The summed E-state index contributed by atoms with van der Waals surface area (Å²) in [6, 6.07) is 19.8. The summed E-state index contributed by atoms with van der Waals surface area (Å²) < 4.78 is 5.84. The van der Waals surface area contributed by atoms with Gasteiger partial charge in [0.15, 0.2) is 0 Å². The van der Waals surface area contributed by atoms with Crippen LogP contribution in [0.4, 0.5) is 5.69 Å². The number of nitrogens with zero attached hydrogens (tertiary/aromatic N) is 2. The number of halogens is 1. The zero-order chi connectivity index (χ0) is 26.9. The molecule has 1 aliphatic rings. The number of aliphatic hydroxyl groups excluding tert-OH is 1. The SMILES string of the molecule is COc1ccc(C=NNC(=O)c2cc(Br)ccc2NC(=O)c2ccc(CN3CCC(CO)CC3)cc2)cc1. The fourth-order valence-electron chi connectivity index (χ4n) is 4.27. The predicted molar refractivity (Wildman–Crippen MR) is 152 cm³/mol. The number of rotatable bonds is 9. The highest BCUT2D eigenvalue weighted by atomic mass is 79.9. The van der Waals surface area contributed by atoms with Gasteiger partial charge >= 0.3 is 0 Å². The van der Waals surface area contributed by atoms with Crippen molar-refractivity contribution in [2.24, 2.45) is 11.0 Å². The smallest absolute Gasteiger partial charge is 0.273 e. The first kappa shape index (κ1) is 27.5. The maximum atomic E-state index is 13.0. The first-order valence-corrected chi connectivity index (χ1v) is 13.2. The van der Waals surface area contributed by atoms with Crippen molar-refractivity contribution in [3.8, 4) is 5.75 Å². The molecular weight excluding hydrogens is 548 g/mol. The molecule has 1 heterocycles. The lowest BCUT2D eigenvalue weighted by Crippen LogP contribution is -2.34. The van der Waals surface area contributed by atoms with Crippen molar-refractivity contribution in [3.63, 3.8) is 0 Å². The van der Waals surface area contributed by atoms with E-state index in [4.69, 9.17) is 4.74 Å². The van der Waals surface area contributed by atoms with Crippen molar-refractivity contribution in [1.29, 1.82) is 0 Å². The number of amides is 2. The number of aliphatic hydroxyl groups is 1. The Balaban J connectivity index is 1.37. The van der Waals surface area contributed by atoms with E-state index in [2.05, 4.69) is 36.7 Å². The Bertz CT molecular complexity index is 1270. The van der Waals surface area contributed by atoms with E-state index in [-0.39, 0.29) is 18.1 Å². The molecule has 3 aromatic rings. The van der Waals surface area contributed by atoms with E-state index in [0.717, 1.165) is 49.4 Å². The van der Waals surface area contributed by atoms with Gasteiger partial charge in [-0.1, -0.05) is 28.1 Å². The molecule has 198 valence electrons. The molecule has 0 saturated carbocycles. The van der Waals surface area contributed by atoms with E-state index in [1.54, 1.807) is 49.6 Å². The number of anilines is 1. The van der Waals surface area contributed by atoms with E-state index in [1.165, 1.54) is 6.21 Å². The van der Waals surface area contributed by atoms with Crippen LogP contribution in [0, 0.1) is 5.92 Å². The van der Waals surface area contributed by atoms with Crippen molar-refractivity contribution in [1.82, 2.24) is 10.3 Å². The van der Waals surface area contributed by atoms with E-state index in [9.17, 15) is 14.7 Å². The molecule has 0 aromatic heterocycles. The second-order valence-corrected chi connectivity index (χ2v) is 10.1. The molecule has 0 bridgehead atoms. The lowest BCUT2D eigenvalue weighted by Gasteiger charge is -2.31. The fraction of sp³-hybridized carbons (Fsp3) is 0.276. The van der Waals surface area contributed by atoms with Crippen LogP contribution < -0.4 is 15.5 Å². The van der Waals surface area contributed by atoms with Crippen LogP contribution >= 0.6 is 15.9 Å². The van der Waals surface area contributed by atoms with Gasteiger partial charge in [-0.3, -0.25) is 14.5 Å². The van der Waals surface area contributed by atoms with Gasteiger partial charge in [0.25, 0.3) is 11.8 Å². The van der Waals surface area contributed by atoms with Crippen LogP contribution in [0.15, 0.2) is 76.3 Å². The molecule has 3 N–H and O–H groups in total. The topological polar surface area (TPSA) is 103 Å². The summed E-state index contributed by atoms with van der Waals surface area (Å²) in [5.74, 6) is 0.377. The van der Waals surface area contributed by atoms with Crippen molar-refractivity contribution in [3.05, 3.63) is 93.5 Å². The number of ether oxygens (including phenoxy) is 1. The van der Waals surface area contributed by atoms with E-state index >= 15 is 0 Å². The second kappa shape index (κ2) is 13.3. The van der Waals surface area contributed by atoms with Crippen LogP contribution in [0.3, 0.4) is 0 Å². The minimum absolute atomic E-state index is 0.260. The third-order valence-electron chi connectivity index (χ3n) is 6.56. The highest BCUT2D eigenvalue weighted by Crippen LogP contribution is 2.23. The molecule has 0 aliphatic carbocycles. The van der Waals surface area contributed by atoms with Crippen molar-refractivity contribution >= 4 is 39.6 Å². The maximum Gasteiger partial charge on any atom is 0.273 e. The summed E-state index contributed by atoms with van der Waals surface area (Å²) in [5.41, 5.74) is 5.60. The van der Waals surface area contributed by atoms with Gasteiger partial charge in [0.2, 0.25) is 0 Å². The predicted octanol–water partition coefficient (Wildman–Crippen LogP) is 4.68. The van der Waals surface area contributed by atoms with Crippen LogP contribution in [0.1, 0.15) is 44.7 Å². The van der Waals surface area contributed by atoms with E-state index in [1.807, 2.05) is 24.3 Å². The summed E-state index contributed by atoms with van der Waals surface area (Å²) in [5, 5.41) is 16.2. The number of methoxy groups -OCH3 is 1. The van der Waals surface area contributed by atoms with Crippen LogP contribution in [-0.4, -0.2) is 54.8 Å². The number of piperidine rings is 1. The molecule has 0 radical (unpaired) electrons. The van der Waals surface area contributed by atoms with Crippen LogP contribution in [-0.2, 0) is 6.54 Å². The van der Waals surface area contributed by atoms with E-state index < -0.39 is 5.91 Å². The summed E-state index contributed by atoms with van der Waals surface area (Å²) in [4.78, 5) is 28.2. The summed E-state index contributed by atoms with van der Waals surface area (Å²) in [6.45, 7) is 3.00. The molecule has 4 rings (SSSR count). The lowest BCUT2D eigenvalue weighted by molar-refractivity contribution is 0.0956. The number of hydrogen-bond donors (Lipinski definition) is 3. The van der Waals surface area contributed by atoms with Crippen molar-refractivity contribution in [2.45, 2.75) is 19.4 Å². The summed E-state index contributed by atoms with van der Waals surface area (Å²) in [6.07, 6.45) is 3.55. The highest BCUT2D eigenvalue weighted by molar-refractivity contribution is 9.10. The second-order valence-electron chi connectivity index (χ2n) is 9.22. The van der Waals surface area contributed by atoms with Gasteiger partial charge in [0.1, 0.15) is 5.75 Å². The average molecular weight is 579 g/mol. The Kier molecular flexibility index (Phi) is 9.64. The molecule has 1 saturated heterocycles. The Morgan fingerprint density at radius 1 is 1.05 bits per heavy atom. The standard InChI is InChI=1S/C29H31BrN4O4/c1-38-25-9-4-20(5-10-25)17-31-33-29(37)26-16-24(30)8-11-27(26)32-28(36)23-6-2-21(3-7-23)18-34-14-12-22(19-35)13-15-34/h2-11,16-17,22,35H,12-15,18-19H2,1H3,(H,32,36)(H,33,37). The third-order valence-corrected chi connectivity index (χ3v) is 7.05. The number of benzene rings is 3. The largest absolute Gasteiger partial charge is 0.497 e. The molecule has 38 heavy (non-hydrogen) atoms. The quantitative estimate of drug-likeness (QED) is 0.253. The van der Waals surface area contributed by atoms with Gasteiger partial charge in [-0.25, -0.2) is 5.43 Å². The Morgan fingerprint density at radius 2 is 1.76 bits per heavy atom. The minimum atomic E-state index is -0.452. The van der Waals surface area contributed by atoms with Crippen LogP contribution in [0.25, 0.3) is 0 Å². The number of carbonyl (C=O) groups excluding carboxylic acids is 2. The van der Waals surface area contributed by atoms with Crippen molar-refractivity contribution < 1.29 is 19.4 Å². The number of likely N-dealkylation sites (tertiary alicyclic amines) is 1. The van der Waals surface area contributed by atoms with Gasteiger partial charge < -0.3 is 15.2 Å². The lowest BCUT2D eigenvalue weighted by atomic mass is 9.97. The van der Waals surface area contributed by atoms with Gasteiger partial charge in [-0.05, 0) is 97.6 Å². The minimum Gasteiger partial charge on any atom is -0.497 e. The van der Waals surface area contributed by atoms with Crippen LogP contribution in [0.5, 0.6) is 5.75 Å². The molecule has 0 atom stereocenters. The third kappa shape index (κ3) is 7.50. The number of carbonyl (C=O) groups is 2. The van der Waals surface area contributed by atoms with Gasteiger partial charge in [0.05, 0.1) is 24.6 Å². The Labute approximate surface area is 230 Å². The fourth-order valence-corrected chi connectivity index (χ4v) is 4.63. The van der Waals surface area contributed by atoms with Gasteiger partial charge in [0, 0.05) is 23.2 Å². The average Bonchev–Trinajstić information content (AvgIpc) is 2.95. The molecule has 0 spiro atoms. The summed E-state index contributed by atoms with van der Waals surface area (Å²) >= 11 is 3.39. The number of hydrazone groups is 1. The first-order valence-electron chi connectivity index (χ1n) is 12.5. The monoisotopic (exact) mass is 578 g/mol. The zero-order valence-corrected chi connectivity index (χ0v) is 22.8. The molecular formula is C29H31BrN4O4. The molecule has 0 unspecified atom stereocenters. The maximum absolute atomic E-state index is 13.0. The van der Waals surface area contributed by atoms with E-state index in [0.29, 0.717) is 21.6 Å². The Morgan fingerprint density at radius 3 is 2.42 bits per heavy atom. The normalized spacial score (nSPS) is 14.4. The Hall–Kier alpha value is -3.53. The molecule has 1 aliphatic heterocycles. The van der Waals surface area contributed by atoms with Gasteiger partial charge in [-0.15, -0.1) is 0 Å². The molecule has 1 fully saturated rings. The van der Waals surface area contributed by atoms with Crippen LogP contribution in [0.2, 0.25) is 0 Å². The zero-order valence-electron chi connectivity index (χ0n) is 21.2. The highest BCUT2D eigenvalue weighted by Gasteiger charge is 2.19. The summed E-state index contributed by atoms with van der Waals surface area (Å²) in [7, 11) is 1.60. The molecule has 2 amide bonds. The molecule has 9 heteroatoms. The number of hydrogen-bond acceptors (Lipinski definition) is 6. The first-order chi connectivity index (χ1) is 18.4. The molecule has 3 aromatic carbocycles. The van der Waals surface area contributed by atoms with Crippen molar-refractivity contribution in [2.75, 3.05) is 32.1 Å².